The Morgan fingerprint density at radius 1 is 1.33 bits per heavy atom. The molecule has 1 aliphatic heterocycles. The van der Waals surface area contributed by atoms with Crippen LogP contribution in [0.25, 0.3) is 10.9 Å². The fourth-order valence-electron chi connectivity index (χ4n) is 3.10. The van der Waals surface area contributed by atoms with Crippen molar-refractivity contribution in [3.63, 3.8) is 0 Å². The van der Waals surface area contributed by atoms with Crippen molar-refractivity contribution >= 4 is 28.7 Å². The summed E-state index contributed by atoms with van der Waals surface area (Å²) in [5, 5.41) is 5.37. The number of amides is 4. The van der Waals surface area contributed by atoms with Crippen LogP contribution in [0.4, 0.5) is 4.79 Å². The molecule has 9 heteroatoms. The Kier molecular flexibility index (Phi) is 4.93. The zero-order valence-electron chi connectivity index (χ0n) is 15.4. The van der Waals surface area contributed by atoms with E-state index in [4.69, 9.17) is 0 Å². The summed E-state index contributed by atoms with van der Waals surface area (Å²) in [4.78, 5) is 54.1. The molecule has 27 heavy (non-hydrogen) atoms. The Morgan fingerprint density at radius 2 is 2.07 bits per heavy atom. The van der Waals surface area contributed by atoms with Crippen molar-refractivity contribution in [2.45, 2.75) is 32.4 Å². The van der Waals surface area contributed by atoms with Gasteiger partial charge >= 0.3 is 6.03 Å². The molecule has 1 unspecified atom stereocenters. The molecule has 1 aromatic heterocycles. The van der Waals surface area contributed by atoms with Crippen LogP contribution in [0.5, 0.6) is 0 Å². The SMILES string of the molecule is Cc1nc2ccc(CNC(=O)N(C)C)cc2c(=O)n1C1CCC(=O)NC1=O. The molecule has 0 saturated carbocycles. The summed E-state index contributed by atoms with van der Waals surface area (Å²) in [6.07, 6.45) is 0.439. The molecule has 1 aliphatic rings. The summed E-state index contributed by atoms with van der Waals surface area (Å²) in [7, 11) is 3.28. The Balaban J connectivity index is 1.99. The van der Waals surface area contributed by atoms with Crippen molar-refractivity contribution in [3.05, 3.63) is 39.9 Å². The molecular weight excluding hydrogens is 350 g/mol. The first-order chi connectivity index (χ1) is 12.8. The standard InChI is InChI=1S/C18H21N5O4/c1-10-20-13-5-4-11(9-19-18(27)22(2)3)8-12(13)17(26)23(10)14-6-7-15(24)21-16(14)25/h4-5,8,14H,6-7,9H2,1-3H3,(H,19,27)(H,21,24,25). The smallest absolute Gasteiger partial charge is 0.317 e. The molecule has 0 radical (unpaired) electrons. The number of hydrogen-bond acceptors (Lipinski definition) is 5. The Bertz CT molecular complexity index is 995. The van der Waals surface area contributed by atoms with E-state index >= 15 is 0 Å². The summed E-state index contributed by atoms with van der Waals surface area (Å²) in [6.45, 7) is 1.93. The van der Waals surface area contributed by atoms with Gasteiger partial charge in [-0.1, -0.05) is 6.07 Å². The van der Waals surface area contributed by atoms with Crippen molar-refractivity contribution < 1.29 is 14.4 Å². The van der Waals surface area contributed by atoms with Crippen molar-refractivity contribution in [2.75, 3.05) is 14.1 Å². The van der Waals surface area contributed by atoms with Gasteiger partial charge in [0, 0.05) is 27.1 Å². The fourth-order valence-corrected chi connectivity index (χ4v) is 3.10. The lowest BCUT2D eigenvalue weighted by molar-refractivity contribution is -0.135. The molecule has 9 nitrogen and oxygen atoms in total. The molecule has 0 bridgehead atoms. The number of aryl methyl sites for hydroxylation is 1. The minimum atomic E-state index is -0.760. The van der Waals surface area contributed by atoms with Crippen LogP contribution >= 0.6 is 0 Å². The predicted molar refractivity (Wildman–Crippen MR) is 98.1 cm³/mol. The van der Waals surface area contributed by atoms with Crippen molar-refractivity contribution in [2.24, 2.45) is 0 Å². The summed E-state index contributed by atoms with van der Waals surface area (Å²) in [5.74, 6) is -0.419. The molecule has 4 amide bonds. The van der Waals surface area contributed by atoms with Gasteiger partial charge < -0.3 is 10.2 Å². The van der Waals surface area contributed by atoms with Gasteiger partial charge in [-0.3, -0.25) is 24.3 Å². The largest absolute Gasteiger partial charge is 0.334 e. The van der Waals surface area contributed by atoms with Crippen LogP contribution in [0.15, 0.2) is 23.0 Å². The zero-order valence-corrected chi connectivity index (χ0v) is 15.4. The first-order valence-electron chi connectivity index (χ1n) is 8.58. The molecular formula is C18H21N5O4. The summed E-state index contributed by atoms with van der Waals surface area (Å²) in [6, 6.07) is 4.18. The first-order valence-corrected chi connectivity index (χ1v) is 8.58. The minimum absolute atomic E-state index is 0.178. The highest BCUT2D eigenvalue weighted by Gasteiger charge is 2.30. The van der Waals surface area contributed by atoms with Crippen molar-refractivity contribution in [1.29, 1.82) is 0 Å². The van der Waals surface area contributed by atoms with E-state index in [0.29, 0.717) is 16.7 Å². The van der Waals surface area contributed by atoms with Crippen LogP contribution in [-0.2, 0) is 16.1 Å². The Labute approximate surface area is 155 Å². The first kappa shape index (κ1) is 18.6. The second kappa shape index (κ2) is 7.18. The molecule has 3 rings (SSSR count). The van der Waals surface area contributed by atoms with E-state index in [0.717, 1.165) is 5.56 Å². The molecule has 2 heterocycles. The highest BCUT2D eigenvalue weighted by molar-refractivity contribution is 5.99. The lowest BCUT2D eigenvalue weighted by atomic mass is 10.0. The Morgan fingerprint density at radius 3 is 2.74 bits per heavy atom. The number of imide groups is 1. The zero-order chi connectivity index (χ0) is 19.7. The predicted octanol–water partition coefficient (Wildman–Crippen LogP) is 0.454. The number of urea groups is 1. The molecule has 2 aromatic rings. The van der Waals surface area contributed by atoms with Gasteiger partial charge in [0.25, 0.3) is 5.56 Å². The number of nitrogens with zero attached hydrogens (tertiary/aromatic N) is 3. The Hall–Kier alpha value is -3.23. The van der Waals surface area contributed by atoms with Crippen LogP contribution in [-0.4, -0.2) is 46.4 Å². The maximum absolute atomic E-state index is 13.0. The highest BCUT2D eigenvalue weighted by atomic mass is 16.2. The van der Waals surface area contributed by atoms with Gasteiger partial charge in [-0.25, -0.2) is 9.78 Å². The normalized spacial score (nSPS) is 16.9. The van der Waals surface area contributed by atoms with Crippen LogP contribution in [0.1, 0.15) is 30.3 Å². The summed E-state index contributed by atoms with van der Waals surface area (Å²) in [5.41, 5.74) is 0.923. The number of fused-ring (bicyclic) bond motifs is 1. The third kappa shape index (κ3) is 3.67. The second-order valence-electron chi connectivity index (χ2n) is 6.71. The van der Waals surface area contributed by atoms with Gasteiger partial charge in [0.2, 0.25) is 11.8 Å². The van der Waals surface area contributed by atoms with Crippen LogP contribution in [0.3, 0.4) is 0 Å². The number of carbonyl (C=O) groups excluding carboxylic acids is 3. The van der Waals surface area contributed by atoms with Crippen LogP contribution in [0.2, 0.25) is 0 Å². The van der Waals surface area contributed by atoms with Gasteiger partial charge in [-0.2, -0.15) is 0 Å². The number of carbonyl (C=O) groups is 3. The van der Waals surface area contributed by atoms with Crippen LogP contribution < -0.4 is 16.2 Å². The van der Waals surface area contributed by atoms with Crippen molar-refractivity contribution in [1.82, 2.24) is 25.1 Å². The number of benzene rings is 1. The maximum Gasteiger partial charge on any atom is 0.317 e. The average Bonchev–Trinajstić information content (AvgIpc) is 2.61. The van der Waals surface area contributed by atoms with Gasteiger partial charge in [0.15, 0.2) is 0 Å². The van der Waals surface area contributed by atoms with E-state index in [2.05, 4.69) is 15.6 Å². The average molecular weight is 371 g/mol. The summed E-state index contributed by atoms with van der Waals surface area (Å²) < 4.78 is 1.34. The fraction of sp³-hybridized carbons (Fsp3) is 0.389. The second-order valence-corrected chi connectivity index (χ2v) is 6.71. The number of piperidine rings is 1. The number of hydrogen-bond donors (Lipinski definition) is 2. The summed E-state index contributed by atoms with van der Waals surface area (Å²) >= 11 is 0. The van der Waals surface area contributed by atoms with E-state index in [9.17, 15) is 19.2 Å². The molecule has 0 aliphatic carbocycles. The molecule has 1 aromatic carbocycles. The van der Waals surface area contributed by atoms with Gasteiger partial charge in [0.05, 0.1) is 10.9 Å². The lowest BCUT2D eigenvalue weighted by Gasteiger charge is -2.24. The van der Waals surface area contributed by atoms with E-state index in [-0.39, 0.29) is 36.9 Å². The lowest BCUT2D eigenvalue weighted by Crippen LogP contribution is -2.45. The molecule has 2 N–H and O–H groups in total. The van der Waals surface area contributed by atoms with Gasteiger partial charge in [-0.05, 0) is 31.0 Å². The van der Waals surface area contributed by atoms with Gasteiger partial charge in [-0.15, -0.1) is 0 Å². The van der Waals surface area contributed by atoms with E-state index in [1.165, 1.54) is 9.47 Å². The molecule has 142 valence electrons. The van der Waals surface area contributed by atoms with E-state index in [1.54, 1.807) is 39.2 Å². The molecule has 1 saturated heterocycles. The number of nitrogens with one attached hydrogen (secondary N) is 2. The van der Waals surface area contributed by atoms with Gasteiger partial charge in [0.1, 0.15) is 11.9 Å². The molecule has 0 spiro atoms. The van der Waals surface area contributed by atoms with E-state index < -0.39 is 11.9 Å². The highest BCUT2D eigenvalue weighted by Crippen LogP contribution is 2.20. The topological polar surface area (TPSA) is 113 Å². The van der Waals surface area contributed by atoms with Crippen LogP contribution in [0, 0.1) is 6.92 Å². The molecule has 1 fully saturated rings. The third-order valence-electron chi connectivity index (χ3n) is 4.51. The number of aromatic nitrogens is 2. The maximum atomic E-state index is 13.0. The molecule has 1 atom stereocenters. The quantitative estimate of drug-likeness (QED) is 0.761. The minimum Gasteiger partial charge on any atom is -0.334 e. The van der Waals surface area contributed by atoms with Crippen molar-refractivity contribution in [3.8, 4) is 0 Å². The monoisotopic (exact) mass is 371 g/mol. The number of rotatable bonds is 3. The third-order valence-corrected chi connectivity index (χ3v) is 4.51. The van der Waals surface area contributed by atoms with E-state index in [1.807, 2.05) is 0 Å².